The van der Waals surface area contributed by atoms with E-state index >= 15 is 0 Å². The SMILES string of the molecule is CC[C@H](C)C[C@H](C)C(=O)/C(C)=C/[C@H](C)/C=C(C)/C=C(/C)C1=C(C)C(=O)C(C)(O)O1. The van der Waals surface area contributed by atoms with Crippen LogP contribution in [0.15, 0.2) is 46.3 Å². The van der Waals surface area contributed by atoms with Crippen LogP contribution in [-0.2, 0) is 14.3 Å². The molecular weight excluding hydrogens is 364 g/mol. The summed E-state index contributed by atoms with van der Waals surface area (Å²) < 4.78 is 5.44. The first kappa shape index (κ1) is 25.1. The maximum absolute atomic E-state index is 12.6. The van der Waals surface area contributed by atoms with Crippen molar-refractivity contribution >= 4 is 11.6 Å². The topological polar surface area (TPSA) is 63.6 Å². The molecule has 162 valence electrons. The highest BCUT2D eigenvalue weighted by Crippen LogP contribution is 2.32. The third-order valence-electron chi connectivity index (χ3n) is 5.53. The zero-order valence-electron chi connectivity index (χ0n) is 19.6. The molecule has 0 aliphatic carbocycles. The molecule has 0 fully saturated rings. The Bertz CT molecular complexity index is 762. The minimum absolute atomic E-state index is 0.0420. The van der Waals surface area contributed by atoms with Crippen molar-refractivity contribution in [3.8, 4) is 0 Å². The first-order valence-corrected chi connectivity index (χ1v) is 10.6. The van der Waals surface area contributed by atoms with Crippen molar-refractivity contribution in [1.82, 2.24) is 0 Å². The van der Waals surface area contributed by atoms with Gasteiger partial charge in [0.1, 0.15) is 5.76 Å². The Morgan fingerprint density at radius 2 is 1.76 bits per heavy atom. The predicted octanol–water partition coefficient (Wildman–Crippen LogP) is 5.68. The number of ketones is 2. The molecule has 29 heavy (non-hydrogen) atoms. The molecule has 0 aromatic rings. The van der Waals surface area contributed by atoms with Crippen molar-refractivity contribution in [1.29, 1.82) is 0 Å². The maximum atomic E-state index is 12.6. The third-order valence-corrected chi connectivity index (χ3v) is 5.53. The molecule has 0 amide bonds. The first-order valence-electron chi connectivity index (χ1n) is 10.6. The van der Waals surface area contributed by atoms with Crippen LogP contribution in [0.4, 0.5) is 0 Å². The van der Waals surface area contributed by atoms with E-state index in [0.717, 1.165) is 29.6 Å². The molecule has 1 rings (SSSR count). The van der Waals surface area contributed by atoms with Gasteiger partial charge in [-0.3, -0.25) is 9.59 Å². The fourth-order valence-corrected chi connectivity index (χ4v) is 3.81. The molecule has 4 atom stereocenters. The summed E-state index contributed by atoms with van der Waals surface area (Å²) in [6.45, 7) is 17.1. The van der Waals surface area contributed by atoms with Gasteiger partial charge >= 0.3 is 0 Å². The summed E-state index contributed by atoms with van der Waals surface area (Å²) in [7, 11) is 0. The second-order valence-electron chi connectivity index (χ2n) is 8.83. The standard InChI is InChI=1S/C25H38O4/c1-10-15(2)12-18(5)22(26)19(6)13-16(3)11-17(4)14-20(7)23-21(8)24(27)25(9,28)29-23/h11,13-16,18,28H,10,12H2,1-9H3/b17-11+,19-13+,20-14-/t15-,16+,18-,25?/m0/s1. The highest BCUT2D eigenvalue weighted by Gasteiger charge is 2.42. The third kappa shape index (κ3) is 6.81. The summed E-state index contributed by atoms with van der Waals surface area (Å²) in [5, 5.41) is 10.0. The van der Waals surface area contributed by atoms with E-state index in [2.05, 4.69) is 19.9 Å². The lowest BCUT2D eigenvalue weighted by atomic mass is 9.88. The van der Waals surface area contributed by atoms with Gasteiger partial charge in [-0.05, 0) is 57.1 Å². The maximum Gasteiger partial charge on any atom is 0.269 e. The summed E-state index contributed by atoms with van der Waals surface area (Å²) in [5.74, 6) is -0.844. The number of rotatable bonds is 9. The molecule has 4 heteroatoms. The second-order valence-corrected chi connectivity index (χ2v) is 8.83. The highest BCUT2D eigenvalue weighted by atomic mass is 16.6. The fraction of sp³-hybridized carbons (Fsp3) is 0.600. The average Bonchev–Trinajstić information content (AvgIpc) is 2.83. The molecule has 0 aromatic heterocycles. The van der Waals surface area contributed by atoms with E-state index in [9.17, 15) is 14.7 Å². The summed E-state index contributed by atoms with van der Waals surface area (Å²) in [4.78, 5) is 24.6. The van der Waals surface area contributed by atoms with Crippen LogP contribution in [0.25, 0.3) is 0 Å². The number of hydrogen-bond donors (Lipinski definition) is 1. The molecule has 1 unspecified atom stereocenters. The normalized spacial score (nSPS) is 24.5. The van der Waals surface area contributed by atoms with Gasteiger partial charge in [0, 0.05) is 18.4 Å². The van der Waals surface area contributed by atoms with Gasteiger partial charge in [0.2, 0.25) is 5.78 Å². The molecule has 1 N–H and O–H groups in total. The van der Waals surface area contributed by atoms with Gasteiger partial charge in [-0.2, -0.15) is 0 Å². The predicted molar refractivity (Wildman–Crippen MR) is 118 cm³/mol. The molecule has 4 nitrogen and oxygen atoms in total. The lowest BCUT2D eigenvalue weighted by Gasteiger charge is -2.16. The lowest BCUT2D eigenvalue weighted by molar-refractivity contribution is -0.169. The van der Waals surface area contributed by atoms with Crippen molar-refractivity contribution < 1.29 is 19.4 Å². The number of carbonyl (C=O) groups is 2. The van der Waals surface area contributed by atoms with Crippen LogP contribution in [0.3, 0.4) is 0 Å². The molecule has 0 spiro atoms. The molecule has 0 saturated heterocycles. The Kier molecular flexibility index (Phi) is 8.83. The number of ether oxygens (including phenoxy) is 1. The van der Waals surface area contributed by atoms with Crippen molar-refractivity contribution in [2.24, 2.45) is 17.8 Å². The van der Waals surface area contributed by atoms with Crippen molar-refractivity contribution in [3.05, 3.63) is 46.3 Å². The molecule has 0 aromatic carbocycles. The van der Waals surface area contributed by atoms with Crippen LogP contribution in [-0.4, -0.2) is 22.5 Å². The number of carbonyl (C=O) groups excluding carboxylic acids is 2. The largest absolute Gasteiger partial charge is 0.454 e. The van der Waals surface area contributed by atoms with Gasteiger partial charge in [-0.25, -0.2) is 0 Å². The van der Waals surface area contributed by atoms with E-state index in [4.69, 9.17) is 4.74 Å². The Labute approximate surface area is 176 Å². The van der Waals surface area contributed by atoms with E-state index in [0.29, 0.717) is 17.3 Å². The smallest absolute Gasteiger partial charge is 0.269 e. The van der Waals surface area contributed by atoms with Crippen LogP contribution in [0.5, 0.6) is 0 Å². The summed E-state index contributed by atoms with van der Waals surface area (Å²) in [5.41, 5.74) is 3.02. The molecule has 0 saturated carbocycles. The van der Waals surface area contributed by atoms with Gasteiger partial charge in [-0.15, -0.1) is 0 Å². The molecule has 0 bridgehead atoms. The van der Waals surface area contributed by atoms with Crippen molar-refractivity contribution in [3.63, 3.8) is 0 Å². The van der Waals surface area contributed by atoms with E-state index in [1.165, 1.54) is 6.92 Å². The fourth-order valence-electron chi connectivity index (χ4n) is 3.81. The molecule has 1 heterocycles. The lowest BCUT2D eigenvalue weighted by Crippen LogP contribution is -2.32. The highest BCUT2D eigenvalue weighted by molar-refractivity contribution is 6.03. The minimum atomic E-state index is -1.79. The first-order chi connectivity index (χ1) is 13.3. The van der Waals surface area contributed by atoms with E-state index in [1.54, 1.807) is 6.92 Å². The minimum Gasteiger partial charge on any atom is -0.454 e. The Morgan fingerprint density at radius 3 is 2.24 bits per heavy atom. The monoisotopic (exact) mass is 402 g/mol. The van der Waals surface area contributed by atoms with E-state index in [-0.39, 0.29) is 17.6 Å². The second kappa shape index (κ2) is 10.2. The number of allylic oxidation sites excluding steroid dienone is 6. The van der Waals surface area contributed by atoms with Gasteiger partial charge in [0.15, 0.2) is 5.78 Å². The molecular formula is C25H38O4. The Hall–Kier alpha value is -1.94. The van der Waals surface area contributed by atoms with E-state index < -0.39 is 11.6 Å². The van der Waals surface area contributed by atoms with Crippen molar-refractivity contribution in [2.75, 3.05) is 0 Å². The zero-order valence-corrected chi connectivity index (χ0v) is 19.6. The summed E-state index contributed by atoms with van der Waals surface area (Å²) >= 11 is 0. The zero-order chi connectivity index (χ0) is 22.5. The molecule has 0 radical (unpaired) electrons. The number of aliphatic hydroxyl groups is 1. The van der Waals surface area contributed by atoms with Crippen molar-refractivity contribution in [2.45, 2.75) is 80.9 Å². The summed E-state index contributed by atoms with van der Waals surface area (Å²) in [6.07, 6.45) is 8.02. The van der Waals surface area contributed by atoms with Crippen LogP contribution in [0.2, 0.25) is 0 Å². The quantitative estimate of drug-likeness (QED) is 0.398. The number of Topliss-reactive ketones (excluding diaryl/α,β-unsaturated/α-hetero) is 2. The van der Waals surface area contributed by atoms with Gasteiger partial charge < -0.3 is 9.84 Å². The average molecular weight is 403 g/mol. The van der Waals surface area contributed by atoms with E-state index in [1.807, 2.05) is 46.8 Å². The molecule has 1 aliphatic rings. The van der Waals surface area contributed by atoms with Crippen LogP contribution in [0.1, 0.15) is 75.2 Å². The Morgan fingerprint density at radius 1 is 1.17 bits per heavy atom. The number of hydrogen-bond acceptors (Lipinski definition) is 4. The van der Waals surface area contributed by atoms with Crippen LogP contribution < -0.4 is 0 Å². The van der Waals surface area contributed by atoms with Gasteiger partial charge in [0.05, 0.1) is 0 Å². The van der Waals surface area contributed by atoms with Gasteiger partial charge in [-0.1, -0.05) is 57.9 Å². The van der Waals surface area contributed by atoms with Gasteiger partial charge in [0.25, 0.3) is 5.79 Å². The van der Waals surface area contributed by atoms with Crippen LogP contribution in [0, 0.1) is 17.8 Å². The van der Waals surface area contributed by atoms with Crippen LogP contribution >= 0.6 is 0 Å². The Balaban J connectivity index is 2.89. The summed E-state index contributed by atoms with van der Waals surface area (Å²) in [6, 6.07) is 0. The molecule has 1 aliphatic heterocycles.